The Morgan fingerprint density at radius 2 is 1.73 bits per heavy atom. The molecular formula is C10H23NO3S. The number of primary sulfonamides is 1. The van der Waals surface area contributed by atoms with E-state index < -0.39 is 10.0 Å². The van der Waals surface area contributed by atoms with Crippen molar-refractivity contribution >= 4 is 10.0 Å². The van der Waals surface area contributed by atoms with E-state index in [1.54, 1.807) is 0 Å². The minimum Gasteiger partial charge on any atom is -0.381 e. The second-order valence-electron chi connectivity index (χ2n) is 4.37. The molecule has 2 N–H and O–H groups in total. The predicted octanol–water partition coefficient (Wildman–Crippen LogP) is 1.36. The van der Waals surface area contributed by atoms with Gasteiger partial charge in [0.15, 0.2) is 0 Å². The summed E-state index contributed by atoms with van der Waals surface area (Å²) in [6, 6.07) is 0. The van der Waals surface area contributed by atoms with Gasteiger partial charge in [-0.2, -0.15) is 0 Å². The van der Waals surface area contributed by atoms with Gasteiger partial charge in [-0.3, -0.25) is 0 Å². The van der Waals surface area contributed by atoms with Crippen LogP contribution in [0.4, 0.5) is 0 Å². The molecular weight excluding hydrogens is 214 g/mol. The standard InChI is InChI=1S/C10H23NO3S/c1-4-5-9(2)6-14-7-10(3)8-15(11,12)13/h9-10H,4-8H2,1-3H3,(H2,11,12,13). The summed E-state index contributed by atoms with van der Waals surface area (Å²) >= 11 is 0. The first-order valence-electron chi connectivity index (χ1n) is 5.43. The summed E-state index contributed by atoms with van der Waals surface area (Å²) in [4.78, 5) is 0. The van der Waals surface area contributed by atoms with Crippen LogP contribution >= 0.6 is 0 Å². The van der Waals surface area contributed by atoms with Crippen LogP contribution in [-0.2, 0) is 14.8 Å². The van der Waals surface area contributed by atoms with Crippen molar-refractivity contribution < 1.29 is 13.2 Å². The summed E-state index contributed by atoms with van der Waals surface area (Å²) in [5, 5.41) is 4.93. The molecule has 2 atom stereocenters. The molecule has 0 radical (unpaired) electrons. The summed E-state index contributed by atoms with van der Waals surface area (Å²) in [6.07, 6.45) is 2.29. The molecule has 0 aliphatic heterocycles. The van der Waals surface area contributed by atoms with Gasteiger partial charge in [-0.25, -0.2) is 13.6 Å². The second-order valence-corrected chi connectivity index (χ2v) is 6.03. The molecule has 0 spiro atoms. The van der Waals surface area contributed by atoms with Crippen LogP contribution in [0, 0.1) is 11.8 Å². The summed E-state index contributed by atoms with van der Waals surface area (Å²) in [7, 11) is -3.36. The molecule has 0 saturated heterocycles. The molecule has 0 rings (SSSR count). The Bertz CT molecular complexity index is 251. The van der Waals surface area contributed by atoms with Crippen molar-refractivity contribution in [2.75, 3.05) is 19.0 Å². The first-order valence-corrected chi connectivity index (χ1v) is 7.15. The summed E-state index contributed by atoms with van der Waals surface area (Å²) in [5.74, 6) is 0.500. The lowest BCUT2D eigenvalue weighted by atomic mass is 10.1. The minimum absolute atomic E-state index is 0.00480. The van der Waals surface area contributed by atoms with Crippen LogP contribution < -0.4 is 5.14 Å². The quantitative estimate of drug-likeness (QED) is 0.693. The van der Waals surface area contributed by atoms with Crippen molar-refractivity contribution in [3.05, 3.63) is 0 Å². The van der Waals surface area contributed by atoms with Gasteiger partial charge >= 0.3 is 0 Å². The van der Waals surface area contributed by atoms with Gasteiger partial charge in [-0.15, -0.1) is 0 Å². The molecule has 0 aliphatic carbocycles. The van der Waals surface area contributed by atoms with Crippen LogP contribution in [0.5, 0.6) is 0 Å². The molecule has 2 unspecified atom stereocenters. The van der Waals surface area contributed by atoms with Gasteiger partial charge in [0.1, 0.15) is 0 Å². The van der Waals surface area contributed by atoms with Crippen molar-refractivity contribution in [1.82, 2.24) is 0 Å². The average Bonchev–Trinajstić information content (AvgIpc) is 2.00. The Hall–Kier alpha value is -0.130. The topological polar surface area (TPSA) is 69.4 Å². The van der Waals surface area contributed by atoms with Crippen LogP contribution in [0.25, 0.3) is 0 Å². The van der Waals surface area contributed by atoms with E-state index in [2.05, 4.69) is 13.8 Å². The minimum atomic E-state index is -3.36. The predicted molar refractivity (Wildman–Crippen MR) is 62.0 cm³/mol. The van der Waals surface area contributed by atoms with E-state index in [0.717, 1.165) is 12.8 Å². The van der Waals surface area contributed by atoms with E-state index in [-0.39, 0.29) is 11.7 Å². The largest absolute Gasteiger partial charge is 0.381 e. The van der Waals surface area contributed by atoms with Crippen molar-refractivity contribution in [3.8, 4) is 0 Å². The first-order chi connectivity index (χ1) is 6.85. The van der Waals surface area contributed by atoms with E-state index in [1.807, 2.05) is 6.92 Å². The Morgan fingerprint density at radius 3 is 2.20 bits per heavy atom. The molecule has 0 aromatic heterocycles. The molecule has 15 heavy (non-hydrogen) atoms. The highest BCUT2D eigenvalue weighted by molar-refractivity contribution is 7.89. The number of hydrogen-bond donors (Lipinski definition) is 1. The van der Waals surface area contributed by atoms with Gasteiger partial charge in [0.2, 0.25) is 10.0 Å². The second kappa shape index (κ2) is 7.19. The first kappa shape index (κ1) is 14.9. The zero-order chi connectivity index (χ0) is 11.9. The summed E-state index contributed by atoms with van der Waals surface area (Å²) in [5.41, 5.74) is 0. The maximum Gasteiger partial charge on any atom is 0.209 e. The molecule has 0 aromatic rings. The molecule has 4 nitrogen and oxygen atoms in total. The van der Waals surface area contributed by atoms with Gasteiger partial charge in [0, 0.05) is 6.61 Å². The molecule has 0 saturated carbocycles. The molecule has 92 valence electrons. The zero-order valence-corrected chi connectivity index (χ0v) is 10.7. The van der Waals surface area contributed by atoms with Crippen LogP contribution in [0.1, 0.15) is 33.6 Å². The molecule has 5 heteroatoms. The summed E-state index contributed by atoms with van der Waals surface area (Å²) < 4.78 is 27.0. The van der Waals surface area contributed by atoms with Crippen molar-refractivity contribution in [2.45, 2.75) is 33.6 Å². The Kier molecular flexibility index (Phi) is 7.13. The molecule has 0 fully saturated rings. The van der Waals surface area contributed by atoms with E-state index in [1.165, 1.54) is 0 Å². The van der Waals surface area contributed by atoms with Gasteiger partial charge in [0.25, 0.3) is 0 Å². The molecule has 0 heterocycles. The maximum atomic E-state index is 10.8. The Balaban J connectivity index is 3.59. The van der Waals surface area contributed by atoms with E-state index in [9.17, 15) is 8.42 Å². The van der Waals surface area contributed by atoms with E-state index in [0.29, 0.717) is 19.1 Å². The lowest BCUT2D eigenvalue weighted by Gasteiger charge is -2.14. The number of ether oxygens (including phenoxy) is 1. The third kappa shape index (κ3) is 10.2. The fourth-order valence-electron chi connectivity index (χ4n) is 1.49. The SMILES string of the molecule is CCCC(C)COCC(C)CS(N)(=O)=O. The fraction of sp³-hybridized carbons (Fsp3) is 1.00. The van der Waals surface area contributed by atoms with Crippen LogP contribution in [0.3, 0.4) is 0 Å². The maximum absolute atomic E-state index is 10.8. The molecule has 0 bridgehead atoms. The lowest BCUT2D eigenvalue weighted by molar-refractivity contribution is 0.0823. The van der Waals surface area contributed by atoms with E-state index in [4.69, 9.17) is 9.88 Å². The number of hydrogen-bond acceptors (Lipinski definition) is 3. The lowest BCUT2D eigenvalue weighted by Crippen LogP contribution is -2.24. The van der Waals surface area contributed by atoms with Crippen LogP contribution in [0.2, 0.25) is 0 Å². The monoisotopic (exact) mass is 237 g/mol. The highest BCUT2D eigenvalue weighted by atomic mass is 32.2. The van der Waals surface area contributed by atoms with Gasteiger partial charge in [-0.1, -0.05) is 27.2 Å². The number of sulfonamides is 1. The average molecular weight is 237 g/mol. The van der Waals surface area contributed by atoms with Crippen molar-refractivity contribution in [1.29, 1.82) is 0 Å². The molecule has 0 amide bonds. The normalized spacial score (nSPS) is 16.3. The highest BCUT2D eigenvalue weighted by Crippen LogP contribution is 2.06. The third-order valence-electron chi connectivity index (χ3n) is 2.10. The van der Waals surface area contributed by atoms with Crippen LogP contribution in [-0.4, -0.2) is 27.4 Å². The van der Waals surface area contributed by atoms with Gasteiger partial charge < -0.3 is 4.74 Å². The van der Waals surface area contributed by atoms with Crippen molar-refractivity contribution in [2.24, 2.45) is 17.0 Å². The van der Waals surface area contributed by atoms with Crippen LogP contribution in [0.15, 0.2) is 0 Å². The zero-order valence-electron chi connectivity index (χ0n) is 9.90. The van der Waals surface area contributed by atoms with E-state index >= 15 is 0 Å². The Morgan fingerprint density at radius 1 is 1.20 bits per heavy atom. The fourth-order valence-corrected chi connectivity index (χ4v) is 2.38. The van der Waals surface area contributed by atoms with Gasteiger partial charge in [0.05, 0.1) is 12.4 Å². The highest BCUT2D eigenvalue weighted by Gasteiger charge is 2.11. The molecule has 0 aromatic carbocycles. The number of rotatable bonds is 8. The Labute approximate surface area is 93.2 Å². The smallest absolute Gasteiger partial charge is 0.209 e. The van der Waals surface area contributed by atoms with Crippen molar-refractivity contribution in [3.63, 3.8) is 0 Å². The van der Waals surface area contributed by atoms with Gasteiger partial charge in [-0.05, 0) is 18.3 Å². The molecule has 0 aliphatic rings. The number of nitrogens with two attached hydrogens (primary N) is 1. The third-order valence-corrected chi connectivity index (χ3v) is 3.14. The summed E-state index contributed by atoms with van der Waals surface area (Å²) in [6.45, 7) is 7.26.